The second-order valence-electron chi connectivity index (χ2n) is 4.78. The predicted octanol–water partition coefficient (Wildman–Crippen LogP) is 3.72. The third-order valence-electron chi connectivity index (χ3n) is 3.26. The normalized spacial score (nSPS) is 10.5. The molecule has 0 aliphatic carbocycles. The molecular formula is C16H17F2N3. The van der Waals surface area contributed by atoms with Gasteiger partial charge in [-0.15, -0.1) is 0 Å². The Morgan fingerprint density at radius 2 is 1.67 bits per heavy atom. The van der Waals surface area contributed by atoms with E-state index >= 15 is 0 Å². The molecule has 21 heavy (non-hydrogen) atoms. The molecule has 0 bridgehead atoms. The van der Waals surface area contributed by atoms with Gasteiger partial charge in [0.05, 0.1) is 0 Å². The first-order valence-corrected chi connectivity index (χ1v) is 6.61. The van der Waals surface area contributed by atoms with E-state index < -0.39 is 11.6 Å². The van der Waals surface area contributed by atoms with E-state index in [1.54, 1.807) is 4.90 Å². The van der Waals surface area contributed by atoms with Crippen LogP contribution in [-0.2, 0) is 0 Å². The summed E-state index contributed by atoms with van der Waals surface area (Å²) in [5.41, 5.74) is 6.95. The molecule has 0 radical (unpaired) electrons. The van der Waals surface area contributed by atoms with Crippen LogP contribution in [0, 0.1) is 24.0 Å². The van der Waals surface area contributed by atoms with E-state index in [1.165, 1.54) is 0 Å². The number of anilines is 2. The molecule has 2 rings (SSSR count). The quantitative estimate of drug-likeness (QED) is 0.666. The highest BCUT2D eigenvalue weighted by Gasteiger charge is 2.19. The highest BCUT2D eigenvalue weighted by molar-refractivity contribution is 5.95. The van der Waals surface area contributed by atoms with Gasteiger partial charge in [-0.1, -0.05) is 17.7 Å². The zero-order valence-corrected chi connectivity index (χ0v) is 12.0. The van der Waals surface area contributed by atoms with Crippen molar-refractivity contribution in [3.8, 4) is 0 Å². The van der Waals surface area contributed by atoms with Gasteiger partial charge in [0.15, 0.2) is 11.6 Å². The Bertz CT molecular complexity index is 643. The maximum atomic E-state index is 14.2. The average Bonchev–Trinajstić information content (AvgIpc) is 2.43. The standard InChI is InChI=1S/C16H17F2N3/c1-3-21(12-6-4-10(2)5-7-12)15-13(17)8-11(16(19)20)9-14(15)18/h4-9H,3H2,1-2H3,(H3,19,20). The monoisotopic (exact) mass is 289 g/mol. The van der Waals surface area contributed by atoms with Gasteiger partial charge >= 0.3 is 0 Å². The third kappa shape index (κ3) is 3.02. The van der Waals surface area contributed by atoms with Crippen LogP contribution in [0.2, 0.25) is 0 Å². The molecule has 0 aliphatic heterocycles. The van der Waals surface area contributed by atoms with Gasteiger partial charge in [0.1, 0.15) is 11.5 Å². The fraction of sp³-hybridized carbons (Fsp3) is 0.188. The summed E-state index contributed by atoms with van der Waals surface area (Å²) < 4.78 is 28.5. The molecule has 2 aromatic rings. The largest absolute Gasteiger partial charge is 0.384 e. The number of rotatable bonds is 4. The number of halogens is 2. The van der Waals surface area contributed by atoms with Gasteiger partial charge in [0.2, 0.25) is 0 Å². The van der Waals surface area contributed by atoms with E-state index in [2.05, 4.69) is 0 Å². The topological polar surface area (TPSA) is 53.1 Å². The minimum Gasteiger partial charge on any atom is -0.384 e. The lowest BCUT2D eigenvalue weighted by Crippen LogP contribution is -2.20. The van der Waals surface area contributed by atoms with Crippen molar-refractivity contribution in [2.24, 2.45) is 5.73 Å². The Hall–Kier alpha value is -2.43. The van der Waals surface area contributed by atoms with Crippen molar-refractivity contribution < 1.29 is 8.78 Å². The van der Waals surface area contributed by atoms with E-state index in [0.29, 0.717) is 12.2 Å². The Labute approximate surface area is 122 Å². The minimum absolute atomic E-state index is 0.0358. The summed E-state index contributed by atoms with van der Waals surface area (Å²) in [5.74, 6) is -1.83. The van der Waals surface area contributed by atoms with Crippen LogP contribution >= 0.6 is 0 Å². The smallest absolute Gasteiger partial charge is 0.150 e. The minimum atomic E-state index is -0.734. The first-order valence-electron chi connectivity index (χ1n) is 6.61. The molecule has 0 aliphatic rings. The summed E-state index contributed by atoms with van der Waals surface area (Å²) in [4.78, 5) is 1.55. The van der Waals surface area contributed by atoms with E-state index in [1.807, 2.05) is 38.1 Å². The molecule has 0 aromatic heterocycles. The van der Waals surface area contributed by atoms with Crippen molar-refractivity contribution >= 4 is 17.2 Å². The maximum absolute atomic E-state index is 14.2. The SMILES string of the molecule is CCN(c1ccc(C)cc1)c1c(F)cc(C(=N)N)cc1F. The molecule has 0 unspecified atom stereocenters. The number of benzene rings is 2. The molecule has 0 atom stereocenters. The second kappa shape index (κ2) is 5.91. The fourth-order valence-corrected chi connectivity index (χ4v) is 2.17. The molecule has 0 heterocycles. The number of nitrogens with zero attached hydrogens (tertiary/aromatic N) is 1. The van der Waals surface area contributed by atoms with Crippen molar-refractivity contribution in [1.29, 1.82) is 5.41 Å². The molecule has 0 fully saturated rings. The van der Waals surface area contributed by atoms with Crippen LogP contribution in [0.1, 0.15) is 18.1 Å². The number of aryl methyl sites for hydroxylation is 1. The van der Waals surface area contributed by atoms with Gasteiger partial charge < -0.3 is 10.6 Å². The van der Waals surface area contributed by atoms with E-state index in [9.17, 15) is 8.78 Å². The van der Waals surface area contributed by atoms with Crippen LogP contribution in [-0.4, -0.2) is 12.4 Å². The van der Waals surface area contributed by atoms with E-state index in [-0.39, 0.29) is 17.1 Å². The molecule has 5 heteroatoms. The molecule has 0 saturated heterocycles. The van der Waals surface area contributed by atoms with Crippen LogP contribution < -0.4 is 10.6 Å². The molecule has 3 N–H and O–H groups in total. The van der Waals surface area contributed by atoms with Crippen molar-refractivity contribution in [2.45, 2.75) is 13.8 Å². The summed E-state index contributed by atoms with van der Waals surface area (Å²) in [6.07, 6.45) is 0. The molecule has 0 saturated carbocycles. The van der Waals surface area contributed by atoms with Gasteiger partial charge in [-0.05, 0) is 38.1 Å². The lowest BCUT2D eigenvalue weighted by molar-refractivity contribution is 0.580. The Kier molecular flexibility index (Phi) is 4.21. The Balaban J connectivity index is 2.52. The highest BCUT2D eigenvalue weighted by Crippen LogP contribution is 2.31. The number of hydrogen-bond acceptors (Lipinski definition) is 2. The number of nitrogens with one attached hydrogen (secondary N) is 1. The lowest BCUT2D eigenvalue weighted by Gasteiger charge is -2.24. The molecular weight excluding hydrogens is 272 g/mol. The molecule has 3 nitrogen and oxygen atoms in total. The second-order valence-corrected chi connectivity index (χ2v) is 4.78. The zero-order chi connectivity index (χ0) is 15.6. The van der Waals surface area contributed by atoms with E-state index in [4.69, 9.17) is 11.1 Å². The van der Waals surface area contributed by atoms with Gasteiger partial charge in [0.25, 0.3) is 0 Å². The first kappa shape index (κ1) is 15.0. The third-order valence-corrected chi connectivity index (χ3v) is 3.26. The molecule has 110 valence electrons. The summed E-state index contributed by atoms with van der Waals surface area (Å²) in [5, 5.41) is 7.27. The number of amidine groups is 1. The Morgan fingerprint density at radius 3 is 2.10 bits per heavy atom. The summed E-state index contributed by atoms with van der Waals surface area (Å²) in [6.45, 7) is 4.18. The summed E-state index contributed by atoms with van der Waals surface area (Å²) in [6, 6.07) is 9.57. The molecule has 0 amide bonds. The van der Waals surface area contributed by atoms with Crippen LogP contribution in [0.4, 0.5) is 20.2 Å². The maximum Gasteiger partial charge on any atom is 0.150 e. The van der Waals surface area contributed by atoms with Gasteiger partial charge in [-0.25, -0.2) is 8.78 Å². The van der Waals surface area contributed by atoms with Crippen LogP contribution in [0.3, 0.4) is 0 Å². The predicted molar refractivity (Wildman–Crippen MR) is 81.2 cm³/mol. The lowest BCUT2D eigenvalue weighted by atomic mass is 10.1. The van der Waals surface area contributed by atoms with Gasteiger partial charge in [-0.3, -0.25) is 5.41 Å². The van der Waals surface area contributed by atoms with Crippen molar-refractivity contribution in [2.75, 3.05) is 11.4 Å². The molecule has 0 spiro atoms. The van der Waals surface area contributed by atoms with Gasteiger partial charge in [0, 0.05) is 17.8 Å². The van der Waals surface area contributed by atoms with Gasteiger partial charge in [-0.2, -0.15) is 0 Å². The first-order chi connectivity index (χ1) is 9.93. The van der Waals surface area contributed by atoms with Crippen LogP contribution in [0.5, 0.6) is 0 Å². The fourth-order valence-electron chi connectivity index (χ4n) is 2.17. The average molecular weight is 289 g/mol. The number of hydrogen-bond donors (Lipinski definition) is 2. The molecule has 2 aromatic carbocycles. The Morgan fingerprint density at radius 1 is 1.14 bits per heavy atom. The van der Waals surface area contributed by atoms with Crippen molar-refractivity contribution in [3.05, 3.63) is 59.2 Å². The van der Waals surface area contributed by atoms with Crippen molar-refractivity contribution in [1.82, 2.24) is 0 Å². The number of nitrogen functional groups attached to an aromatic ring is 1. The zero-order valence-electron chi connectivity index (χ0n) is 12.0. The van der Waals surface area contributed by atoms with Crippen molar-refractivity contribution in [3.63, 3.8) is 0 Å². The highest BCUT2D eigenvalue weighted by atomic mass is 19.1. The van der Waals surface area contributed by atoms with Crippen LogP contribution in [0.15, 0.2) is 36.4 Å². The van der Waals surface area contributed by atoms with E-state index in [0.717, 1.165) is 17.7 Å². The summed E-state index contributed by atoms with van der Waals surface area (Å²) in [7, 11) is 0. The van der Waals surface area contributed by atoms with Crippen LogP contribution in [0.25, 0.3) is 0 Å². The number of nitrogens with two attached hydrogens (primary N) is 1. The summed E-state index contributed by atoms with van der Waals surface area (Å²) >= 11 is 0.